The molecule has 3 heteroatoms. The van der Waals surface area contributed by atoms with Crippen molar-refractivity contribution in [2.24, 2.45) is 0 Å². The van der Waals surface area contributed by atoms with Gasteiger partial charge in [0.15, 0.2) is 4.58 Å². The summed E-state index contributed by atoms with van der Waals surface area (Å²) in [5.41, 5.74) is 0.771. The van der Waals surface area contributed by atoms with E-state index < -0.39 is 4.58 Å². The minimum absolute atomic E-state index is 0.0143. The molecule has 0 spiro atoms. The molecule has 10 heavy (non-hydrogen) atoms. The molecular formula is C7H8BrFO. The van der Waals surface area contributed by atoms with Gasteiger partial charge in [-0.1, -0.05) is 12.2 Å². The van der Waals surface area contributed by atoms with Gasteiger partial charge < -0.3 is 5.11 Å². The molecule has 1 unspecified atom stereocenters. The summed E-state index contributed by atoms with van der Waals surface area (Å²) in [5.74, 6) is 0. The van der Waals surface area contributed by atoms with E-state index in [1.165, 1.54) is 6.08 Å². The minimum atomic E-state index is -1.40. The Balaban J connectivity index is 2.63. The van der Waals surface area contributed by atoms with Crippen LogP contribution < -0.4 is 0 Å². The third-order valence-electron chi connectivity index (χ3n) is 1.36. The first-order valence-corrected chi connectivity index (χ1v) is 3.80. The van der Waals surface area contributed by atoms with Crippen molar-refractivity contribution in [2.75, 3.05) is 6.61 Å². The molecule has 1 atom stereocenters. The molecule has 0 aromatic heterocycles. The lowest BCUT2D eigenvalue weighted by atomic mass is 10.1. The number of aliphatic hydroxyl groups is 1. The van der Waals surface area contributed by atoms with Gasteiger partial charge in [-0.3, -0.25) is 0 Å². The smallest absolute Gasteiger partial charge is 0.187 e. The van der Waals surface area contributed by atoms with Gasteiger partial charge in [-0.05, 0) is 27.6 Å². The quantitative estimate of drug-likeness (QED) is 0.651. The van der Waals surface area contributed by atoms with E-state index in [0.29, 0.717) is 6.42 Å². The zero-order valence-electron chi connectivity index (χ0n) is 5.35. The fraction of sp³-hybridized carbons (Fsp3) is 0.429. The average molecular weight is 207 g/mol. The van der Waals surface area contributed by atoms with Crippen LogP contribution in [0.5, 0.6) is 0 Å². The molecule has 0 saturated heterocycles. The zero-order chi connectivity index (χ0) is 7.61. The van der Waals surface area contributed by atoms with E-state index in [0.717, 1.165) is 5.57 Å². The van der Waals surface area contributed by atoms with Crippen molar-refractivity contribution >= 4 is 15.9 Å². The molecule has 56 valence electrons. The first-order valence-electron chi connectivity index (χ1n) is 3.01. The van der Waals surface area contributed by atoms with Gasteiger partial charge in [0.05, 0.1) is 6.61 Å². The first-order chi connectivity index (χ1) is 4.64. The Morgan fingerprint density at radius 3 is 2.90 bits per heavy atom. The Morgan fingerprint density at radius 2 is 2.50 bits per heavy atom. The Labute approximate surface area is 67.4 Å². The Hall–Kier alpha value is -0.150. The maximum Gasteiger partial charge on any atom is 0.187 e. The highest BCUT2D eigenvalue weighted by atomic mass is 79.9. The van der Waals surface area contributed by atoms with Crippen molar-refractivity contribution in [1.82, 2.24) is 0 Å². The van der Waals surface area contributed by atoms with Gasteiger partial charge in [-0.25, -0.2) is 4.39 Å². The largest absolute Gasteiger partial charge is 0.392 e. The second-order valence-electron chi connectivity index (χ2n) is 2.24. The van der Waals surface area contributed by atoms with Crippen molar-refractivity contribution in [1.29, 1.82) is 0 Å². The third kappa shape index (κ3) is 1.92. The Bertz CT molecular complexity index is 184. The lowest BCUT2D eigenvalue weighted by Crippen LogP contribution is -2.11. The summed E-state index contributed by atoms with van der Waals surface area (Å²) in [6.45, 7) is -0.0143. The van der Waals surface area contributed by atoms with Crippen LogP contribution in [0.2, 0.25) is 0 Å². The summed E-state index contributed by atoms with van der Waals surface area (Å²) in [7, 11) is 0. The number of allylic oxidation sites excluding steroid dienone is 2. The van der Waals surface area contributed by atoms with Crippen molar-refractivity contribution in [3.63, 3.8) is 0 Å². The number of aliphatic hydroxyl groups excluding tert-OH is 1. The summed E-state index contributed by atoms with van der Waals surface area (Å²) < 4.78 is 11.5. The second-order valence-corrected chi connectivity index (χ2v) is 3.55. The number of halogens is 2. The minimum Gasteiger partial charge on any atom is -0.392 e. The monoisotopic (exact) mass is 206 g/mol. The van der Waals surface area contributed by atoms with E-state index >= 15 is 0 Å². The van der Waals surface area contributed by atoms with E-state index in [2.05, 4.69) is 15.9 Å². The molecule has 0 aliphatic heterocycles. The zero-order valence-corrected chi connectivity index (χ0v) is 6.94. The van der Waals surface area contributed by atoms with Crippen LogP contribution in [0.4, 0.5) is 4.39 Å². The van der Waals surface area contributed by atoms with Crippen molar-refractivity contribution in [3.05, 3.63) is 23.8 Å². The van der Waals surface area contributed by atoms with Crippen molar-refractivity contribution in [2.45, 2.75) is 11.0 Å². The Morgan fingerprint density at radius 1 is 1.80 bits per heavy atom. The van der Waals surface area contributed by atoms with Crippen LogP contribution in [0, 0.1) is 0 Å². The second kappa shape index (κ2) is 2.84. The molecule has 0 amide bonds. The molecule has 0 aromatic rings. The van der Waals surface area contributed by atoms with E-state index in [4.69, 9.17) is 5.11 Å². The summed E-state index contributed by atoms with van der Waals surface area (Å²) >= 11 is 2.87. The molecule has 1 aliphatic rings. The van der Waals surface area contributed by atoms with Gasteiger partial charge in [0.25, 0.3) is 0 Å². The molecule has 1 rings (SSSR count). The lowest BCUT2D eigenvalue weighted by molar-refractivity contribution is 0.327. The molecule has 1 aliphatic carbocycles. The molecule has 0 bridgehead atoms. The topological polar surface area (TPSA) is 20.2 Å². The fourth-order valence-corrected chi connectivity index (χ4v) is 1.04. The number of alkyl halides is 2. The normalized spacial score (nSPS) is 32.1. The predicted molar refractivity (Wildman–Crippen MR) is 41.7 cm³/mol. The van der Waals surface area contributed by atoms with E-state index in [1.807, 2.05) is 0 Å². The highest BCUT2D eigenvalue weighted by Gasteiger charge is 2.22. The molecule has 0 saturated carbocycles. The summed E-state index contributed by atoms with van der Waals surface area (Å²) in [4.78, 5) is 0. The van der Waals surface area contributed by atoms with Crippen molar-refractivity contribution in [3.8, 4) is 0 Å². The van der Waals surface area contributed by atoms with Gasteiger partial charge in [0.1, 0.15) is 0 Å². The van der Waals surface area contributed by atoms with Crippen LogP contribution in [0.3, 0.4) is 0 Å². The highest BCUT2D eigenvalue weighted by Crippen LogP contribution is 2.30. The number of rotatable bonds is 1. The van der Waals surface area contributed by atoms with Gasteiger partial charge >= 0.3 is 0 Å². The summed E-state index contributed by atoms with van der Waals surface area (Å²) in [6, 6.07) is 0. The standard InChI is InChI=1S/C7H8BrFO/c8-7(9)3-1-6(5-10)2-4-7/h1-3,10H,4-5H2. The molecule has 1 nitrogen and oxygen atoms in total. The summed E-state index contributed by atoms with van der Waals surface area (Å²) in [6.07, 6.45) is 4.95. The van der Waals surface area contributed by atoms with Crippen LogP contribution in [0.1, 0.15) is 6.42 Å². The molecule has 1 N–H and O–H groups in total. The van der Waals surface area contributed by atoms with E-state index in [-0.39, 0.29) is 6.61 Å². The molecule has 0 aromatic carbocycles. The van der Waals surface area contributed by atoms with Crippen LogP contribution >= 0.6 is 15.9 Å². The van der Waals surface area contributed by atoms with Crippen molar-refractivity contribution < 1.29 is 9.50 Å². The Kier molecular flexibility index (Phi) is 2.26. The molecule has 0 radical (unpaired) electrons. The molecular weight excluding hydrogens is 199 g/mol. The molecule has 0 heterocycles. The highest BCUT2D eigenvalue weighted by molar-refractivity contribution is 9.10. The van der Waals surface area contributed by atoms with E-state index in [9.17, 15) is 4.39 Å². The van der Waals surface area contributed by atoms with Gasteiger partial charge in [0, 0.05) is 6.42 Å². The lowest BCUT2D eigenvalue weighted by Gasteiger charge is -2.15. The van der Waals surface area contributed by atoms with Crippen LogP contribution in [0.15, 0.2) is 23.8 Å². The molecule has 0 fully saturated rings. The predicted octanol–water partition coefficient (Wildman–Crippen LogP) is 1.93. The third-order valence-corrected chi connectivity index (χ3v) is 1.95. The van der Waals surface area contributed by atoms with E-state index in [1.54, 1.807) is 12.2 Å². The van der Waals surface area contributed by atoms with Crippen LogP contribution in [-0.4, -0.2) is 16.3 Å². The fourth-order valence-electron chi connectivity index (χ4n) is 0.749. The van der Waals surface area contributed by atoms with Gasteiger partial charge in [-0.15, -0.1) is 0 Å². The van der Waals surface area contributed by atoms with Crippen LogP contribution in [0.25, 0.3) is 0 Å². The van der Waals surface area contributed by atoms with Gasteiger partial charge in [0.2, 0.25) is 0 Å². The first kappa shape index (κ1) is 7.95. The average Bonchev–Trinajstić information content (AvgIpc) is 1.88. The maximum atomic E-state index is 12.9. The van der Waals surface area contributed by atoms with Gasteiger partial charge in [-0.2, -0.15) is 0 Å². The number of hydrogen-bond donors (Lipinski definition) is 1. The number of hydrogen-bond acceptors (Lipinski definition) is 1. The SMILES string of the molecule is OCC1=CCC(F)(Br)C=C1. The van der Waals surface area contributed by atoms with Crippen LogP contribution in [-0.2, 0) is 0 Å². The maximum absolute atomic E-state index is 12.9. The summed E-state index contributed by atoms with van der Waals surface area (Å²) in [5, 5.41) is 8.60.